The van der Waals surface area contributed by atoms with Gasteiger partial charge in [0.1, 0.15) is 0 Å². The van der Waals surface area contributed by atoms with Crippen molar-refractivity contribution in [3.05, 3.63) is 0 Å². The molecule has 0 bridgehead atoms. The number of ether oxygens (including phenoxy) is 1. The van der Waals surface area contributed by atoms with E-state index in [0.717, 1.165) is 25.2 Å². The zero-order valence-electron chi connectivity index (χ0n) is 12.7. The molecule has 3 nitrogen and oxygen atoms in total. The maximum Gasteiger partial charge on any atom is 0.291 e. The summed E-state index contributed by atoms with van der Waals surface area (Å²) in [6, 6.07) is 0. The Morgan fingerprint density at radius 1 is 1.11 bits per heavy atom. The number of rotatable bonds is 10. The summed E-state index contributed by atoms with van der Waals surface area (Å²) in [7, 11) is 0.494. The first-order chi connectivity index (χ1) is 8.45. The van der Waals surface area contributed by atoms with Gasteiger partial charge in [0, 0.05) is 13.0 Å². The van der Waals surface area contributed by atoms with Crippen LogP contribution in [-0.4, -0.2) is 29.2 Å². The standard InChI is InChI=1S/C14H30O3Si/c1-11(2)7-8-13(10-12(3)4)16-9-5-6-14(15)17-18/h11-13H,5-10H2,1-4,18H3. The van der Waals surface area contributed by atoms with Crippen molar-refractivity contribution >= 4 is 16.5 Å². The Hall–Kier alpha value is -0.353. The topological polar surface area (TPSA) is 35.5 Å². The van der Waals surface area contributed by atoms with E-state index in [1.807, 2.05) is 0 Å². The molecule has 4 heteroatoms. The molecule has 0 fully saturated rings. The van der Waals surface area contributed by atoms with Crippen molar-refractivity contribution in [1.29, 1.82) is 0 Å². The van der Waals surface area contributed by atoms with Crippen LogP contribution in [0.25, 0.3) is 0 Å². The first-order valence-electron chi connectivity index (χ1n) is 7.14. The minimum atomic E-state index is -0.0899. The molecular weight excluding hydrogens is 244 g/mol. The van der Waals surface area contributed by atoms with Crippen LogP contribution in [0.4, 0.5) is 0 Å². The van der Waals surface area contributed by atoms with Gasteiger partial charge in [-0.15, -0.1) is 0 Å². The molecule has 0 heterocycles. The van der Waals surface area contributed by atoms with Crippen LogP contribution >= 0.6 is 0 Å². The third-order valence-corrected chi connectivity index (χ3v) is 3.36. The Balaban J connectivity index is 3.82. The van der Waals surface area contributed by atoms with Gasteiger partial charge in [-0.25, -0.2) is 0 Å². The molecule has 0 aliphatic carbocycles. The van der Waals surface area contributed by atoms with Gasteiger partial charge in [-0.2, -0.15) is 0 Å². The molecule has 0 radical (unpaired) electrons. The Labute approximate surface area is 115 Å². The summed E-state index contributed by atoms with van der Waals surface area (Å²) in [5, 5.41) is 0. The van der Waals surface area contributed by atoms with Crippen molar-refractivity contribution in [2.75, 3.05) is 6.61 Å². The number of hydrogen-bond acceptors (Lipinski definition) is 3. The average molecular weight is 274 g/mol. The molecule has 18 heavy (non-hydrogen) atoms. The highest BCUT2D eigenvalue weighted by Crippen LogP contribution is 2.17. The lowest BCUT2D eigenvalue weighted by Gasteiger charge is -2.20. The van der Waals surface area contributed by atoms with Gasteiger partial charge in [0.2, 0.25) is 10.5 Å². The van der Waals surface area contributed by atoms with Crippen molar-refractivity contribution in [3.8, 4) is 0 Å². The van der Waals surface area contributed by atoms with Crippen LogP contribution in [0.3, 0.4) is 0 Å². The van der Waals surface area contributed by atoms with Crippen molar-refractivity contribution in [3.63, 3.8) is 0 Å². The van der Waals surface area contributed by atoms with Crippen LogP contribution in [0, 0.1) is 11.8 Å². The van der Waals surface area contributed by atoms with Crippen molar-refractivity contribution in [1.82, 2.24) is 0 Å². The fourth-order valence-electron chi connectivity index (χ4n) is 1.88. The van der Waals surface area contributed by atoms with E-state index in [1.54, 1.807) is 0 Å². The largest absolute Gasteiger partial charge is 0.529 e. The first kappa shape index (κ1) is 17.6. The van der Waals surface area contributed by atoms with Gasteiger partial charge >= 0.3 is 0 Å². The van der Waals surface area contributed by atoms with E-state index in [0.29, 0.717) is 35.5 Å². The van der Waals surface area contributed by atoms with Gasteiger partial charge in [-0.3, -0.25) is 4.79 Å². The first-order valence-corrected chi connectivity index (χ1v) is 7.95. The predicted octanol–water partition coefficient (Wildman–Crippen LogP) is 2.46. The zero-order valence-corrected chi connectivity index (χ0v) is 14.7. The second-order valence-corrected chi connectivity index (χ2v) is 6.18. The molecular formula is C14H30O3Si. The SMILES string of the molecule is CC(C)CCC(CC(C)C)OCCCC(=O)O[SiH3]. The van der Waals surface area contributed by atoms with E-state index in [1.165, 1.54) is 6.42 Å². The van der Waals surface area contributed by atoms with E-state index in [4.69, 9.17) is 9.16 Å². The van der Waals surface area contributed by atoms with Gasteiger partial charge < -0.3 is 9.16 Å². The van der Waals surface area contributed by atoms with Crippen LogP contribution in [0.1, 0.15) is 59.8 Å². The molecule has 0 aromatic carbocycles. The van der Waals surface area contributed by atoms with Gasteiger partial charge in [-0.05, 0) is 37.5 Å². The molecule has 0 rings (SSSR count). The van der Waals surface area contributed by atoms with Crippen molar-refractivity contribution in [2.24, 2.45) is 11.8 Å². The minimum Gasteiger partial charge on any atom is -0.529 e. The summed E-state index contributed by atoms with van der Waals surface area (Å²) in [6.07, 6.45) is 5.05. The predicted molar refractivity (Wildman–Crippen MR) is 78.5 cm³/mol. The van der Waals surface area contributed by atoms with Crippen molar-refractivity contribution in [2.45, 2.75) is 65.9 Å². The molecule has 0 saturated heterocycles. The number of carbonyl (C=O) groups is 1. The molecule has 0 aliphatic heterocycles. The highest BCUT2D eigenvalue weighted by Gasteiger charge is 2.12. The monoisotopic (exact) mass is 274 g/mol. The van der Waals surface area contributed by atoms with Gasteiger partial charge in [-0.1, -0.05) is 27.7 Å². The second-order valence-electron chi connectivity index (χ2n) is 5.77. The maximum atomic E-state index is 11.0. The second kappa shape index (κ2) is 10.6. The summed E-state index contributed by atoms with van der Waals surface area (Å²) >= 11 is 0. The Morgan fingerprint density at radius 2 is 1.78 bits per heavy atom. The molecule has 0 aromatic rings. The molecule has 0 spiro atoms. The third-order valence-electron chi connectivity index (χ3n) is 2.91. The van der Waals surface area contributed by atoms with E-state index >= 15 is 0 Å². The Kier molecular flexibility index (Phi) is 10.4. The highest BCUT2D eigenvalue weighted by atomic mass is 28.2. The molecule has 0 aromatic heterocycles. The molecule has 0 saturated carbocycles. The van der Waals surface area contributed by atoms with Crippen molar-refractivity contribution < 1.29 is 14.0 Å². The van der Waals surface area contributed by atoms with Crippen LogP contribution in [0.2, 0.25) is 0 Å². The maximum absolute atomic E-state index is 11.0. The summed E-state index contributed by atoms with van der Waals surface area (Å²) in [5.74, 6) is 1.30. The minimum absolute atomic E-state index is 0.0899. The van der Waals surface area contributed by atoms with Crippen LogP contribution in [0.15, 0.2) is 0 Å². The molecule has 0 N–H and O–H groups in total. The normalized spacial score (nSPS) is 13.2. The van der Waals surface area contributed by atoms with E-state index < -0.39 is 0 Å². The average Bonchev–Trinajstić information content (AvgIpc) is 2.30. The Bertz CT molecular complexity index is 217. The fraction of sp³-hybridized carbons (Fsp3) is 0.929. The zero-order chi connectivity index (χ0) is 14.0. The summed E-state index contributed by atoms with van der Waals surface area (Å²) in [5.41, 5.74) is 0. The molecule has 1 atom stereocenters. The third kappa shape index (κ3) is 10.8. The van der Waals surface area contributed by atoms with Crippen LogP contribution in [-0.2, 0) is 14.0 Å². The summed E-state index contributed by atoms with van der Waals surface area (Å²) < 4.78 is 10.6. The van der Waals surface area contributed by atoms with Crippen LogP contribution in [0.5, 0.6) is 0 Å². The lowest BCUT2D eigenvalue weighted by atomic mass is 9.98. The smallest absolute Gasteiger partial charge is 0.291 e. The molecule has 108 valence electrons. The quantitative estimate of drug-likeness (QED) is 0.453. The highest BCUT2D eigenvalue weighted by molar-refractivity contribution is 6.05. The summed E-state index contributed by atoms with van der Waals surface area (Å²) in [4.78, 5) is 11.0. The van der Waals surface area contributed by atoms with E-state index in [2.05, 4.69) is 27.7 Å². The molecule has 1 unspecified atom stereocenters. The number of hydrogen-bond donors (Lipinski definition) is 0. The lowest BCUT2D eigenvalue weighted by Crippen LogP contribution is -2.18. The lowest BCUT2D eigenvalue weighted by molar-refractivity contribution is -0.134. The molecule has 0 amide bonds. The van der Waals surface area contributed by atoms with Gasteiger partial charge in [0.15, 0.2) is 0 Å². The van der Waals surface area contributed by atoms with Gasteiger partial charge in [0.25, 0.3) is 5.97 Å². The molecule has 0 aliphatic rings. The number of carbonyl (C=O) groups excluding carboxylic acids is 1. The summed E-state index contributed by atoms with van der Waals surface area (Å²) in [6.45, 7) is 9.61. The fourth-order valence-corrected chi connectivity index (χ4v) is 2.09. The van der Waals surface area contributed by atoms with E-state index in [-0.39, 0.29) is 5.97 Å². The van der Waals surface area contributed by atoms with Gasteiger partial charge in [0.05, 0.1) is 6.10 Å². The Morgan fingerprint density at radius 3 is 2.28 bits per heavy atom. The van der Waals surface area contributed by atoms with E-state index in [9.17, 15) is 4.79 Å². The van der Waals surface area contributed by atoms with Crippen LogP contribution < -0.4 is 0 Å².